The van der Waals surface area contributed by atoms with E-state index in [-0.39, 0.29) is 25.0 Å². The lowest BCUT2D eigenvalue weighted by atomic mass is 9.89. The molecule has 0 saturated heterocycles. The molecular weight excluding hydrogens is 311 g/mol. The quantitative estimate of drug-likeness (QED) is 0.412. The molecule has 7 nitrogen and oxygen atoms in total. The third kappa shape index (κ3) is 5.03. The van der Waals surface area contributed by atoms with Gasteiger partial charge in [0.25, 0.3) is 5.85 Å². The van der Waals surface area contributed by atoms with Crippen LogP contribution in [0.5, 0.6) is 0 Å². The van der Waals surface area contributed by atoms with Crippen LogP contribution in [0.25, 0.3) is 0 Å². The van der Waals surface area contributed by atoms with E-state index in [9.17, 15) is 14.5 Å². The number of carbonyl (C=O) groups is 1. The number of esters is 1. The predicted molar refractivity (Wildman–Crippen MR) is 80.5 cm³/mol. The second-order valence-corrected chi connectivity index (χ2v) is 7.73. The lowest BCUT2D eigenvalue weighted by Gasteiger charge is -2.27. The maximum Gasteiger partial charge on any atom is 0.370 e. The topological polar surface area (TPSA) is 91.3 Å². The fourth-order valence-electron chi connectivity index (χ4n) is 2.79. The standard InChI is InChI=1S/C14H27O7P/c1-18-13(16)14(22(17,19-2)20-3)21-10-12-8-6-4-5-7-11(12)9-15/h11-12,14-15H,4-10H2,1-3H3. The van der Waals surface area contributed by atoms with Crippen LogP contribution >= 0.6 is 7.60 Å². The summed E-state index contributed by atoms with van der Waals surface area (Å²) >= 11 is 0. The molecule has 0 spiro atoms. The maximum atomic E-state index is 12.4. The monoisotopic (exact) mass is 338 g/mol. The lowest BCUT2D eigenvalue weighted by Crippen LogP contribution is -2.31. The number of hydrogen-bond donors (Lipinski definition) is 1. The van der Waals surface area contributed by atoms with Crippen molar-refractivity contribution in [2.45, 2.75) is 37.9 Å². The van der Waals surface area contributed by atoms with E-state index in [2.05, 4.69) is 4.74 Å². The molecule has 1 saturated carbocycles. The molecule has 1 aliphatic carbocycles. The van der Waals surface area contributed by atoms with Gasteiger partial charge in [-0.25, -0.2) is 4.79 Å². The van der Waals surface area contributed by atoms with E-state index in [1.807, 2.05) is 0 Å². The first kappa shape index (κ1) is 19.6. The summed E-state index contributed by atoms with van der Waals surface area (Å²) in [6.07, 6.45) is 5.10. The molecule has 0 bridgehead atoms. The Labute approximate surface area is 131 Å². The minimum absolute atomic E-state index is 0.0864. The van der Waals surface area contributed by atoms with Crippen molar-refractivity contribution in [1.82, 2.24) is 0 Å². The van der Waals surface area contributed by atoms with Crippen LogP contribution in [-0.4, -0.2) is 51.5 Å². The van der Waals surface area contributed by atoms with E-state index in [0.717, 1.165) is 32.1 Å². The highest BCUT2D eigenvalue weighted by molar-refractivity contribution is 7.55. The molecule has 0 amide bonds. The molecule has 0 aromatic heterocycles. The zero-order valence-electron chi connectivity index (χ0n) is 13.5. The van der Waals surface area contributed by atoms with Gasteiger partial charge in [-0.1, -0.05) is 19.3 Å². The third-order valence-electron chi connectivity index (χ3n) is 4.22. The zero-order valence-corrected chi connectivity index (χ0v) is 14.4. The first-order valence-electron chi connectivity index (χ1n) is 7.53. The maximum absolute atomic E-state index is 12.4. The van der Waals surface area contributed by atoms with Crippen molar-refractivity contribution >= 4 is 13.6 Å². The van der Waals surface area contributed by atoms with Crippen molar-refractivity contribution in [1.29, 1.82) is 0 Å². The molecule has 0 aromatic rings. The summed E-state index contributed by atoms with van der Waals surface area (Å²) in [5.74, 6) is -1.96. The number of rotatable bonds is 8. The molecule has 3 unspecified atom stereocenters. The van der Waals surface area contributed by atoms with Crippen molar-refractivity contribution < 1.29 is 33.0 Å². The molecule has 3 atom stereocenters. The number of hydrogen-bond acceptors (Lipinski definition) is 7. The number of carbonyl (C=O) groups excluding carboxylic acids is 1. The van der Waals surface area contributed by atoms with E-state index < -0.39 is 19.4 Å². The molecule has 0 aliphatic heterocycles. The average molecular weight is 338 g/mol. The highest BCUT2D eigenvalue weighted by Gasteiger charge is 2.43. The Kier molecular flexibility index (Phi) is 8.57. The Morgan fingerprint density at radius 1 is 1.14 bits per heavy atom. The highest BCUT2D eigenvalue weighted by atomic mass is 31.2. The van der Waals surface area contributed by atoms with Crippen LogP contribution in [0, 0.1) is 11.8 Å². The number of aliphatic hydroxyl groups excluding tert-OH is 1. The number of aliphatic hydroxyl groups is 1. The van der Waals surface area contributed by atoms with Gasteiger partial charge in [0.15, 0.2) is 0 Å². The van der Waals surface area contributed by atoms with E-state index in [1.54, 1.807) is 0 Å². The van der Waals surface area contributed by atoms with E-state index in [0.29, 0.717) is 0 Å². The van der Waals surface area contributed by atoms with Crippen LogP contribution in [0.4, 0.5) is 0 Å². The van der Waals surface area contributed by atoms with Crippen molar-refractivity contribution in [3.8, 4) is 0 Å². The fraction of sp³-hybridized carbons (Fsp3) is 0.929. The molecule has 1 fully saturated rings. The molecule has 1 aliphatic rings. The summed E-state index contributed by atoms with van der Waals surface area (Å²) < 4.78 is 32.3. The molecule has 0 heterocycles. The first-order valence-corrected chi connectivity index (χ1v) is 9.15. The Morgan fingerprint density at radius 3 is 2.23 bits per heavy atom. The summed E-state index contributed by atoms with van der Waals surface area (Å²) in [4.78, 5) is 11.8. The molecule has 0 aromatic carbocycles. The van der Waals surface area contributed by atoms with E-state index in [1.165, 1.54) is 21.3 Å². The minimum Gasteiger partial charge on any atom is -0.467 e. The summed E-state index contributed by atoms with van der Waals surface area (Å²) in [5, 5.41) is 9.51. The second kappa shape index (κ2) is 9.63. The average Bonchev–Trinajstić information content (AvgIpc) is 2.79. The molecule has 1 N–H and O–H groups in total. The Morgan fingerprint density at radius 2 is 1.73 bits per heavy atom. The zero-order chi connectivity index (χ0) is 16.6. The minimum atomic E-state index is -3.73. The first-order chi connectivity index (χ1) is 10.5. The SMILES string of the molecule is COC(=O)C(OCC1CCCCCC1CO)P(=O)(OC)OC. The molecule has 130 valence electrons. The lowest BCUT2D eigenvalue weighted by molar-refractivity contribution is -0.150. The van der Waals surface area contributed by atoms with Gasteiger partial charge in [0.1, 0.15) is 0 Å². The van der Waals surface area contributed by atoms with Crippen molar-refractivity contribution in [2.24, 2.45) is 11.8 Å². The summed E-state index contributed by atoms with van der Waals surface area (Å²) in [6, 6.07) is 0. The van der Waals surface area contributed by atoms with Crippen LogP contribution < -0.4 is 0 Å². The van der Waals surface area contributed by atoms with Crippen LogP contribution in [-0.2, 0) is 27.9 Å². The molecular formula is C14H27O7P. The van der Waals surface area contributed by atoms with E-state index >= 15 is 0 Å². The van der Waals surface area contributed by atoms with Crippen molar-refractivity contribution in [3.05, 3.63) is 0 Å². The van der Waals surface area contributed by atoms with Gasteiger partial charge >= 0.3 is 13.6 Å². The number of methoxy groups -OCH3 is 1. The van der Waals surface area contributed by atoms with Crippen LogP contribution in [0.2, 0.25) is 0 Å². The highest BCUT2D eigenvalue weighted by Crippen LogP contribution is 2.52. The predicted octanol–water partition coefficient (Wildman–Crippen LogP) is 2.18. The van der Waals surface area contributed by atoms with Crippen LogP contribution in [0.3, 0.4) is 0 Å². The molecule has 1 rings (SSSR count). The van der Waals surface area contributed by atoms with Gasteiger partial charge in [-0.3, -0.25) is 4.57 Å². The number of ether oxygens (including phenoxy) is 2. The third-order valence-corrected chi connectivity index (χ3v) is 6.17. The van der Waals surface area contributed by atoms with E-state index in [4.69, 9.17) is 13.8 Å². The Balaban J connectivity index is 2.77. The van der Waals surface area contributed by atoms with Gasteiger partial charge in [-0.15, -0.1) is 0 Å². The van der Waals surface area contributed by atoms with Crippen molar-refractivity contribution in [2.75, 3.05) is 34.5 Å². The normalized spacial score (nSPS) is 24.5. The Hall–Kier alpha value is -0.460. The van der Waals surface area contributed by atoms with Crippen molar-refractivity contribution in [3.63, 3.8) is 0 Å². The molecule has 0 radical (unpaired) electrons. The van der Waals surface area contributed by atoms with Gasteiger partial charge in [-0.2, -0.15) is 0 Å². The summed E-state index contributed by atoms with van der Waals surface area (Å²) in [7, 11) is -0.139. The Bertz CT molecular complexity index is 379. The summed E-state index contributed by atoms with van der Waals surface area (Å²) in [6.45, 7) is 0.296. The largest absolute Gasteiger partial charge is 0.467 e. The molecule has 8 heteroatoms. The second-order valence-electron chi connectivity index (χ2n) is 5.45. The van der Waals surface area contributed by atoms with Crippen LogP contribution in [0.1, 0.15) is 32.1 Å². The molecule has 22 heavy (non-hydrogen) atoms. The van der Waals surface area contributed by atoms with Crippen LogP contribution in [0.15, 0.2) is 0 Å². The van der Waals surface area contributed by atoms with Gasteiger partial charge in [-0.05, 0) is 24.7 Å². The van der Waals surface area contributed by atoms with Gasteiger partial charge in [0.2, 0.25) is 0 Å². The smallest absolute Gasteiger partial charge is 0.370 e. The van der Waals surface area contributed by atoms with Gasteiger partial charge < -0.3 is 23.6 Å². The fourth-order valence-corrected chi connectivity index (χ4v) is 3.96. The summed E-state index contributed by atoms with van der Waals surface area (Å²) in [5.41, 5.74) is 0. The van der Waals surface area contributed by atoms with Gasteiger partial charge in [0.05, 0.1) is 13.7 Å². The van der Waals surface area contributed by atoms with Gasteiger partial charge in [0, 0.05) is 20.8 Å².